The number of aryl methyl sites for hydroxylation is 2. The van der Waals surface area contributed by atoms with Gasteiger partial charge in [-0.1, -0.05) is 45.4 Å². The van der Waals surface area contributed by atoms with E-state index in [0.717, 1.165) is 52.4 Å². The van der Waals surface area contributed by atoms with Crippen LogP contribution in [0.25, 0.3) is 10.6 Å². The monoisotopic (exact) mass is 507 g/mol. The Morgan fingerprint density at radius 1 is 1.06 bits per heavy atom. The summed E-state index contributed by atoms with van der Waals surface area (Å²) in [4.78, 5) is 5.75. The predicted octanol–water partition coefficient (Wildman–Crippen LogP) is 6.94. The SMILES string of the molecule is CCCc1cc(C(O)CCc2sc(-c3ccc(C(F)(F)F)cc3)nc2C(C)C)ccc1OCCO. The Kier molecular flexibility index (Phi) is 9.33. The highest BCUT2D eigenvalue weighted by molar-refractivity contribution is 7.15. The van der Waals surface area contributed by atoms with Gasteiger partial charge in [0.15, 0.2) is 0 Å². The molecule has 3 aromatic rings. The molecule has 8 heteroatoms. The lowest BCUT2D eigenvalue weighted by molar-refractivity contribution is -0.137. The molecule has 0 fully saturated rings. The first-order valence-corrected chi connectivity index (χ1v) is 12.7. The summed E-state index contributed by atoms with van der Waals surface area (Å²) in [5.74, 6) is 0.878. The van der Waals surface area contributed by atoms with Crippen LogP contribution in [0.2, 0.25) is 0 Å². The van der Waals surface area contributed by atoms with Crippen molar-refractivity contribution < 1.29 is 28.1 Å². The Labute approximate surface area is 208 Å². The van der Waals surface area contributed by atoms with Crippen LogP contribution in [0.15, 0.2) is 42.5 Å². The van der Waals surface area contributed by atoms with Gasteiger partial charge in [-0.2, -0.15) is 13.2 Å². The zero-order valence-electron chi connectivity index (χ0n) is 20.2. The molecule has 190 valence electrons. The minimum absolute atomic E-state index is 0.0581. The second-order valence-electron chi connectivity index (χ2n) is 8.80. The average Bonchev–Trinajstić information content (AvgIpc) is 3.26. The molecule has 0 spiro atoms. The molecular weight excluding hydrogens is 475 g/mol. The molecule has 2 aromatic carbocycles. The fourth-order valence-electron chi connectivity index (χ4n) is 3.92. The number of ether oxygens (including phenoxy) is 1. The van der Waals surface area contributed by atoms with Gasteiger partial charge in [-0.3, -0.25) is 0 Å². The lowest BCUT2D eigenvalue weighted by atomic mass is 9.98. The Bertz CT molecular complexity index is 1090. The number of hydrogen-bond acceptors (Lipinski definition) is 5. The molecular formula is C27H32F3NO3S. The second-order valence-corrected chi connectivity index (χ2v) is 9.88. The summed E-state index contributed by atoms with van der Waals surface area (Å²) in [6, 6.07) is 10.7. The van der Waals surface area contributed by atoms with E-state index in [1.165, 1.54) is 23.5 Å². The molecule has 35 heavy (non-hydrogen) atoms. The smallest absolute Gasteiger partial charge is 0.416 e. The van der Waals surface area contributed by atoms with Gasteiger partial charge in [0, 0.05) is 10.4 Å². The summed E-state index contributed by atoms with van der Waals surface area (Å²) >= 11 is 1.47. The van der Waals surface area contributed by atoms with Crippen LogP contribution in [0.5, 0.6) is 5.75 Å². The van der Waals surface area contributed by atoms with Crippen molar-refractivity contribution >= 4 is 11.3 Å². The van der Waals surface area contributed by atoms with Crippen LogP contribution < -0.4 is 4.74 Å². The third-order valence-corrected chi connectivity index (χ3v) is 6.90. The number of hydrogen-bond donors (Lipinski definition) is 2. The fraction of sp³-hybridized carbons (Fsp3) is 0.444. The third-order valence-electron chi connectivity index (χ3n) is 5.72. The Morgan fingerprint density at radius 2 is 1.77 bits per heavy atom. The lowest BCUT2D eigenvalue weighted by Crippen LogP contribution is -2.06. The van der Waals surface area contributed by atoms with Gasteiger partial charge in [-0.05, 0) is 60.6 Å². The van der Waals surface area contributed by atoms with Crippen LogP contribution in [0.3, 0.4) is 0 Å². The summed E-state index contributed by atoms with van der Waals surface area (Å²) in [6.45, 7) is 6.31. The Morgan fingerprint density at radius 3 is 2.37 bits per heavy atom. The van der Waals surface area contributed by atoms with E-state index < -0.39 is 17.8 Å². The summed E-state index contributed by atoms with van der Waals surface area (Å²) < 4.78 is 44.3. The molecule has 0 bridgehead atoms. The number of halogens is 3. The number of alkyl halides is 3. The molecule has 1 aromatic heterocycles. The Hall–Kier alpha value is -2.42. The molecule has 0 aliphatic heterocycles. The maximum atomic E-state index is 12.9. The van der Waals surface area contributed by atoms with E-state index in [9.17, 15) is 18.3 Å². The van der Waals surface area contributed by atoms with Gasteiger partial charge in [-0.15, -0.1) is 11.3 Å². The van der Waals surface area contributed by atoms with Crippen LogP contribution in [0.4, 0.5) is 13.2 Å². The maximum absolute atomic E-state index is 12.9. The van der Waals surface area contributed by atoms with Crippen LogP contribution in [0, 0.1) is 0 Å². The molecule has 0 radical (unpaired) electrons. The highest BCUT2D eigenvalue weighted by Crippen LogP contribution is 2.36. The van der Waals surface area contributed by atoms with Gasteiger partial charge in [0.05, 0.1) is 24.0 Å². The number of benzene rings is 2. The van der Waals surface area contributed by atoms with Crippen LogP contribution in [-0.4, -0.2) is 28.4 Å². The predicted molar refractivity (Wildman–Crippen MR) is 133 cm³/mol. The van der Waals surface area contributed by atoms with Crippen molar-refractivity contribution in [3.05, 3.63) is 69.7 Å². The van der Waals surface area contributed by atoms with Crippen molar-refractivity contribution in [2.24, 2.45) is 0 Å². The number of aromatic nitrogens is 1. The van der Waals surface area contributed by atoms with E-state index in [1.54, 1.807) is 0 Å². The van der Waals surface area contributed by atoms with Crippen LogP contribution >= 0.6 is 11.3 Å². The van der Waals surface area contributed by atoms with Crippen molar-refractivity contribution in [1.29, 1.82) is 0 Å². The third kappa shape index (κ3) is 7.06. The first-order valence-electron chi connectivity index (χ1n) is 11.9. The molecule has 0 saturated carbocycles. The molecule has 3 rings (SSSR count). The number of nitrogens with zero attached hydrogens (tertiary/aromatic N) is 1. The van der Waals surface area contributed by atoms with Gasteiger partial charge in [0.2, 0.25) is 0 Å². The molecule has 4 nitrogen and oxygen atoms in total. The van der Waals surface area contributed by atoms with Gasteiger partial charge in [0.1, 0.15) is 17.4 Å². The highest BCUT2D eigenvalue weighted by atomic mass is 32.1. The summed E-state index contributed by atoms with van der Waals surface area (Å²) in [7, 11) is 0. The Balaban J connectivity index is 1.76. The number of rotatable bonds is 11. The summed E-state index contributed by atoms with van der Waals surface area (Å²) in [6.07, 6.45) is -2.19. The van der Waals surface area contributed by atoms with Crippen LogP contribution in [-0.2, 0) is 19.0 Å². The second kappa shape index (κ2) is 12.0. The van der Waals surface area contributed by atoms with Crippen LogP contribution in [0.1, 0.15) is 72.9 Å². The topological polar surface area (TPSA) is 62.6 Å². The molecule has 1 heterocycles. The van der Waals surface area contributed by atoms with Gasteiger partial charge < -0.3 is 14.9 Å². The zero-order valence-corrected chi connectivity index (χ0v) is 21.0. The summed E-state index contributed by atoms with van der Waals surface area (Å²) in [5, 5.41) is 20.6. The highest BCUT2D eigenvalue weighted by Gasteiger charge is 2.30. The zero-order chi connectivity index (χ0) is 25.6. The van der Waals surface area contributed by atoms with E-state index in [0.29, 0.717) is 23.4 Å². The normalized spacial score (nSPS) is 12.8. The molecule has 0 aliphatic carbocycles. The lowest BCUT2D eigenvalue weighted by Gasteiger charge is -2.16. The quantitative estimate of drug-likeness (QED) is 0.295. The van der Waals surface area contributed by atoms with Crippen molar-refractivity contribution in [2.45, 2.75) is 64.7 Å². The largest absolute Gasteiger partial charge is 0.491 e. The minimum atomic E-state index is -4.37. The standard InChI is InChI=1S/C27H32F3NO3S/c1-4-5-20-16-19(8-12-23(20)34-15-14-32)22(33)11-13-24-25(17(2)3)31-26(35-24)18-6-9-21(10-7-18)27(28,29)30/h6-10,12,16-17,22,32-33H,4-5,11,13-15H2,1-3H3. The molecule has 1 unspecified atom stereocenters. The number of aliphatic hydroxyl groups is 2. The van der Waals surface area contributed by atoms with E-state index in [2.05, 4.69) is 6.92 Å². The van der Waals surface area contributed by atoms with E-state index >= 15 is 0 Å². The maximum Gasteiger partial charge on any atom is 0.416 e. The molecule has 0 saturated heterocycles. The molecule has 0 aliphatic rings. The number of aliphatic hydroxyl groups excluding tert-OH is 2. The summed E-state index contributed by atoms with van der Waals surface area (Å²) in [5.41, 5.74) is 2.70. The number of thiazole rings is 1. The van der Waals surface area contributed by atoms with Gasteiger partial charge in [-0.25, -0.2) is 4.98 Å². The van der Waals surface area contributed by atoms with Gasteiger partial charge >= 0.3 is 6.18 Å². The first kappa shape index (κ1) is 27.2. The van der Waals surface area contributed by atoms with E-state index in [1.807, 2.05) is 32.0 Å². The minimum Gasteiger partial charge on any atom is -0.491 e. The van der Waals surface area contributed by atoms with Crippen molar-refractivity contribution in [3.8, 4) is 16.3 Å². The molecule has 0 amide bonds. The van der Waals surface area contributed by atoms with Crippen molar-refractivity contribution in [3.63, 3.8) is 0 Å². The van der Waals surface area contributed by atoms with Gasteiger partial charge in [0.25, 0.3) is 0 Å². The molecule has 1 atom stereocenters. The fourth-order valence-corrected chi connectivity index (χ4v) is 5.16. The van der Waals surface area contributed by atoms with E-state index in [4.69, 9.17) is 14.8 Å². The first-order chi connectivity index (χ1) is 16.6. The van der Waals surface area contributed by atoms with Crippen molar-refractivity contribution in [2.75, 3.05) is 13.2 Å². The van der Waals surface area contributed by atoms with E-state index in [-0.39, 0.29) is 19.1 Å². The average molecular weight is 508 g/mol. The molecule has 2 N–H and O–H groups in total. The van der Waals surface area contributed by atoms with Crippen molar-refractivity contribution in [1.82, 2.24) is 4.98 Å².